The summed E-state index contributed by atoms with van der Waals surface area (Å²) in [6.45, 7) is 1.73. The Balaban J connectivity index is 3.18. The van der Waals surface area contributed by atoms with E-state index in [0.717, 1.165) is 6.07 Å². The predicted octanol–water partition coefficient (Wildman–Crippen LogP) is 2.36. The summed E-state index contributed by atoms with van der Waals surface area (Å²) in [4.78, 5) is 11.2. The number of halogens is 2. The Bertz CT molecular complexity index is 365. The minimum absolute atomic E-state index is 0.0395. The fourth-order valence-electron chi connectivity index (χ4n) is 0.939. The highest BCUT2D eigenvalue weighted by atomic mass is 35.5. The molecule has 0 heterocycles. The van der Waals surface area contributed by atoms with Crippen LogP contribution in [0.3, 0.4) is 0 Å². The molecule has 0 aliphatic heterocycles. The van der Waals surface area contributed by atoms with Gasteiger partial charge in [-0.3, -0.25) is 0 Å². The summed E-state index contributed by atoms with van der Waals surface area (Å²) < 4.78 is 17.4. The minimum atomic E-state index is -0.905. The Morgan fingerprint density at radius 2 is 2.29 bits per heavy atom. The summed E-state index contributed by atoms with van der Waals surface area (Å²) in [5.74, 6) is -2.53. The first kappa shape index (κ1) is 10.8. The van der Waals surface area contributed by atoms with E-state index in [1.165, 1.54) is 6.07 Å². The molecule has 1 aromatic rings. The molecule has 0 amide bonds. The van der Waals surface area contributed by atoms with Crippen LogP contribution in [0, 0.1) is 5.82 Å². The summed E-state index contributed by atoms with van der Waals surface area (Å²) in [6, 6.07) is 2.16. The lowest BCUT2D eigenvalue weighted by Gasteiger charge is -2.06. The molecular formula is C9H8ClFO3. The van der Waals surface area contributed by atoms with Gasteiger partial charge in [0, 0.05) is 0 Å². The molecule has 1 N–H and O–H groups in total. The van der Waals surface area contributed by atoms with Gasteiger partial charge in [-0.05, 0) is 19.1 Å². The molecule has 3 nitrogen and oxygen atoms in total. The minimum Gasteiger partial charge on any atom is -0.504 e. The van der Waals surface area contributed by atoms with E-state index in [1.54, 1.807) is 6.92 Å². The molecule has 0 aliphatic carbocycles. The van der Waals surface area contributed by atoms with Crippen molar-refractivity contribution >= 4 is 17.6 Å². The molecule has 0 fully saturated rings. The average molecular weight is 219 g/mol. The van der Waals surface area contributed by atoms with E-state index in [2.05, 4.69) is 4.74 Å². The Morgan fingerprint density at radius 3 is 2.86 bits per heavy atom. The van der Waals surface area contributed by atoms with E-state index in [1.807, 2.05) is 0 Å². The van der Waals surface area contributed by atoms with Gasteiger partial charge in [-0.25, -0.2) is 9.18 Å². The third kappa shape index (κ3) is 1.96. The molecule has 1 rings (SSSR count). The van der Waals surface area contributed by atoms with Crippen molar-refractivity contribution in [2.45, 2.75) is 6.92 Å². The zero-order valence-corrected chi connectivity index (χ0v) is 8.14. The number of ether oxygens (including phenoxy) is 1. The molecule has 76 valence electrons. The smallest absolute Gasteiger partial charge is 0.343 e. The van der Waals surface area contributed by atoms with Crippen LogP contribution >= 0.6 is 11.6 Å². The van der Waals surface area contributed by atoms with Crippen molar-refractivity contribution in [1.29, 1.82) is 0 Å². The molecule has 0 aliphatic rings. The van der Waals surface area contributed by atoms with Crippen molar-refractivity contribution in [3.63, 3.8) is 0 Å². The lowest BCUT2D eigenvalue weighted by Crippen LogP contribution is -2.06. The van der Waals surface area contributed by atoms with Gasteiger partial charge in [0.05, 0.1) is 11.6 Å². The van der Waals surface area contributed by atoms with Crippen molar-refractivity contribution in [3.8, 4) is 5.75 Å². The van der Waals surface area contributed by atoms with Crippen LogP contribution in [0.2, 0.25) is 5.02 Å². The molecular weight excluding hydrogens is 211 g/mol. The quantitative estimate of drug-likeness (QED) is 0.776. The Kier molecular flexibility index (Phi) is 3.30. The highest BCUT2D eigenvalue weighted by Crippen LogP contribution is 2.28. The Labute approximate surface area is 85.1 Å². The van der Waals surface area contributed by atoms with Crippen molar-refractivity contribution < 1.29 is 19.0 Å². The molecule has 0 spiro atoms. The van der Waals surface area contributed by atoms with Crippen LogP contribution in [-0.2, 0) is 4.74 Å². The maximum atomic E-state index is 12.8. The van der Waals surface area contributed by atoms with Gasteiger partial charge in [-0.1, -0.05) is 11.6 Å². The molecule has 0 atom stereocenters. The standard InChI is InChI=1S/C9H8ClFO3/c1-2-14-9(13)7-5(10)3-4-6(11)8(7)12/h3-4,12H,2H2,1H3. The fourth-order valence-corrected chi connectivity index (χ4v) is 1.17. The second kappa shape index (κ2) is 4.28. The number of aromatic hydroxyl groups is 1. The second-order valence-corrected chi connectivity index (χ2v) is 2.88. The number of phenolic OH excluding ortho intramolecular Hbond substituents is 1. The van der Waals surface area contributed by atoms with Crippen LogP contribution in [0.1, 0.15) is 17.3 Å². The van der Waals surface area contributed by atoms with Crippen LogP contribution in [0.4, 0.5) is 4.39 Å². The monoisotopic (exact) mass is 218 g/mol. The van der Waals surface area contributed by atoms with Gasteiger partial charge in [0.1, 0.15) is 5.56 Å². The number of hydrogen-bond donors (Lipinski definition) is 1. The van der Waals surface area contributed by atoms with Crippen LogP contribution in [0.25, 0.3) is 0 Å². The van der Waals surface area contributed by atoms with E-state index < -0.39 is 17.5 Å². The van der Waals surface area contributed by atoms with E-state index in [0.29, 0.717) is 0 Å². The fraction of sp³-hybridized carbons (Fsp3) is 0.222. The van der Waals surface area contributed by atoms with Crippen molar-refractivity contribution in [1.82, 2.24) is 0 Å². The predicted molar refractivity (Wildman–Crippen MR) is 49.0 cm³/mol. The Hall–Kier alpha value is -1.29. The maximum Gasteiger partial charge on any atom is 0.343 e. The number of carbonyl (C=O) groups excluding carboxylic acids is 1. The average Bonchev–Trinajstić information content (AvgIpc) is 2.13. The first-order valence-electron chi connectivity index (χ1n) is 3.92. The second-order valence-electron chi connectivity index (χ2n) is 2.47. The van der Waals surface area contributed by atoms with Crippen molar-refractivity contribution in [2.24, 2.45) is 0 Å². The SMILES string of the molecule is CCOC(=O)c1c(Cl)ccc(F)c1O. The number of benzene rings is 1. The molecule has 0 radical (unpaired) electrons. The molecule has 14 heavy (non-hydrogen) atoms. The number of phenols is 1. The van der Waals surface area contributed by atoms with Gasteiger partial charge in [0.15, 0.2) is 11.6 Å². The highest BCUT2D eigenvalue weighted by molar-refractivity contribution is 6.34. The maximum absolute atomic E-state index is 12.8. The van der Waals surface area contributed by atoms with E-state index >= 15 is 0 Å². The number of esters is 1. The normalized spacial score (nSPS) is 9.93. The van der Waals surface area contributed by atoms with Gasteiger partial charge < -0.3 is 9.84 Å². The summed E-state index contributed by atoms with van der Waals surface area (Å²) in [5.41, 5.74) is -0.339. The first-order chi connectivity index (χ1) is 6.57. The van der Waals surface area contributed by atoms with Gasteiger partial charge in [0.2, 0.25) is 0 Å². The summed E-state index contributed by atoms with van der Waals surface area (Å²) >= 11 is 5.60. The van der Waals surface area contributed by atoms with Gasteiger partial charge >= 0.3 is 5.97 Å². The van der Waals surface area contributed by atoms with Crippen LogP contribution in [-0.4, -0.2) is 17.7 Å². The Morgan fingerprint density at radius 1 is 1.64 bits per heavy atom. The molecule has 0 saturated heterocycles. The molecule has 0 saturated carbocycles. The summed E-state index contributed by atoms with van der Waals surface area (Å²) in [7, 11) is 0. The summed E-state index contributed by atoms with van der Waals surface area (Å²) in [6.07, 6.45) is 0. The van der Waals surface area contributed by atoms with E-state index in [4.69, 9.17) is 11.6 Å². The third-order valence-corrected chi connectivity index (χ3v) is 1.87. The van der Waals surface area contributed by atoms with Gasteiger partial charge in [-0.2, -0.15) is 0 Å². The van der Waals surface area contributed by atoms with Crippen LogP contribution < -0.4 is 0 Å². The van der Waals surface area contributed by atoms with E-state index in [-0.39, 0.29) is 17.2 Å². The zero-order chi connectivity index (χ0) is 10.7. The number of hydrogen-bond acceptors (Lipinski definition) is 3. The summed E-state index contributed by atoms with van der Waals surface area (Å²) in [5, 5.41) is 9.18. The van der Waals surface area contributed by atoms with Crippen molar-refractivity contribution in [3.05, 3.63) is 28.5 Å². The lowest BCUT2D eigenvalue weighted by molar-refractivity contribution is 0.0522. The first-order valence-corrected chi connectivity index (χ1v) is 4.29. The van der Waals surface area contributed by atoms with Crippen LogP contribution in [0.15, 0.2) is 12.1 Å². The van der Waals surface area contributed by atoms with Crippen molar-refractivity contribution in [2.75, 3.05) is 6.61 Å². The topological polar surface area (TPSA) is 46.5 Å². The van der Waals surface area contributed by atoms with Gasteiger partial charge in [-0.15, -0.1) is 0 Å². The lowest BCUT2D eigenvalue weighted by atomic mass is 10.2. The number of carbonyl (C=O) groups is 1. The molecule has 0 unspecified atom stereocenters. The highest BCUT2D eigenvalue weighted by Gasteiger charge is 2.19. The van der Waals surface area contributed by atoms with E-state index in [9.17, 15) is 14.3 Å². The zero-order valence-electron chi connectivity index (χ0n) is 7.38. The van der Waals surface area contributed by atoms with Gasteiger partial charge in [0.25, 0.3) is 0 Å². The number of rotatable bonds is 2. The third-order valence-electron chi connectivity index (χ3n) is 1.56. The molecule has 0 aromatic heterocycles. The molecule has 1 aromatic carbocycles. The largest absolute Gasteiger partial charge is 0.504 e. The molecule has 5 heteroatoms. The molecule has 0 bridgehead atoms. The van der Waals surface area contributed by atoms with Crippen LogP contribution in [0.5, 0.6) is 5.75 Å².